The molecule has 8 nitrogen and oxygen atoms in total. The molecule has 3 aromatic rings. The second-order valence-electron chi connectivity index (χ2n) is 6.30. The molecule has 0 amide bonds. The van der Waals surface area contributed by atoms with Crippen molar-refractivity contribution in [1.82, 2.24) is 9.66 Å². The van der Waals surface area contributed by atoms with Crippen LogP contribution in [-0.4, -0.2) is 42.7 Å². The second-order valence-corrected chi connectivity index (χ2v) is 8.38. The van der Waals surface area contributed by atoms with Gasteiger partial charge in [0, 0.05) is 10.9 Å². The molecule has 10 heteroatoms. The summed E-state index contributed by atoms with van der Waals surface area (Å²) in [6, 6.07) is 8.89. The van der Waals surface area contributed by atoms with Crippen LogP contribution in [-0.2, 0) is 16.0 Å². The number of methoxy groups -OCH3 is 2. The monoisotopic (exact) mass is 599 g/mol. The number of benzene rings is 2. The van der Waals surface area contributed by atoms with Gasteiger partial charge in [-0.15, -0.1) is 0 Å². The van der Waals surface area contributed by atoms with Crippen LogP contribution in [0.4, 0.5) is 0 Å². The van der Waals surface area contributed by atoms with Crippen molar-refractivity contribution in [3.8, 4) is 11.5 Å². The van der Waals surface area contributed by atoms with Crippen molar-refractivity contribution in [2.45, 2.75) is 13.3 Å². The molecule has 0 N–H and O–H groups in total. The van der Waals surface area contributed by atoms with E-state index in [1.807, 2.05) is 13.0 Å². The highest BCUT2D eigenvalue weighted by Gasteiger charge is 2.14. The van der Waals surface area contributed by atoms with Gasteiger partial charge in [0.15, 0.2) is 18.1 Å². The van der Waals surface area contributed by atoms with E-state index in [2.05, 4.69) is 53.3 Å². The van der Waals surface area contributed by atoms with Crippen molar-refractivity contribution < 1.29 is 19.0 Å². The Morgan fingerprint density at radius 1 is 1.29 bits per heavy atom. The third-order valence-electron chi connectivity index (χ3n) is 4.33. The van der Waals surface area contributed by atoms with Crippen molar-refractivity contribution >= 4 is 61.6 Å². The minimum Gasteiger partial charge on any atom is -0.493 e. The molecule has 0 saturated carbocycles. The number of rotatable bonds is 7. The van der Waals surface area contributed by atoms with Crippen LogP contribution < -0.4 is 15.0 Å². The predicted octanol–water partition coefficient (Wildman–Crippen LogP) is 3.77. The summed E-state index contributed by atoms with van der Waals surface area (Å²) < 4.78 is 18.3. The predicted molar refractivity (Wildman–Crippen MR) is 129 cm³/mol. The SMILES string of the molecule is CCc1nc2ccc(Br)cc2c(=O)n1N=Cc1cc(I)c(OCC(=O)OC)c(OC)c1. The Bertz CT molecular complexity index is 1230. The van der Waals surface area contributed by atoms with Crippen molar-refractivity contribution in [3.63, 3.8) is 0 Å². The molecular weight excluding hydrogens is 581 g/mol. The van der Waals surface area contributed by atoms with E-state index in [0.29, 0.717) is 43.8 Å². The first kappa shape index (κ1) is 23.2. The Morgan fingerprint density at radius 2 is 2.06 bits per heavy atom. The molecule has 0 bridgehead atoms. The van der Waals surface area contributed by atoms with Crippen LogP contribution in [0.2, 0.25) is 0 Å². The van der Waals surface area contributed by atoms with Gasteiger partial charge in [-0.25, -0.2) is 9.78 Å². The molecule has 0 atom stereocenters. The van der Waals surface area contributed by atoms with E-state index in [0.717, 1.165) is 4.47 Å². The number of aryl methyl sites for hydroxylation is 1. The molecule has 0 radical (unpaired) electrons. The van der Waals surface area contributed by atoms with Crippen LogP contribution in [0.1, 0.15) is 18.3 Å². The molecule has 0 unspecified atom stereocenters. The Labute approximate surface area is 200 Å². The fraction of sp³-hybridized carbons (Fsp3) is 0.238. The Hall–Kier alpha value is -2.47. The molecule has 0 aliphatic carbocycles. The maximum Gasteiger partial charge on any atom is 0.343 e. The summed E-state index contributed by atoms with van der Waals surface area (Å²) in [5.74, 6) is 0.913. The lowest BCUT2D eigenvalue weighted by molar-refractivity contribution is -0.142. The third-order valence-corrected chi connectivity index (χ3v) is 5.62. The molecule has 3 rings (SSSR count). The van der Waals surface area contributed by atoms with Gasteiger partial charge in [0.25, 0.3) is 5.56 Å². The molecular formula is C21H19BrIN3O5. The van der Waals surface area contributed by atoms with Crippen molar-refractivity contribution in [3.05, 3.63) is 60.1 Å². The largest absolute Gasteiger partial charge is 0.493 e. The number of esters is 1. The zero-order chi connectivity index (χ0) is 22.5. The van der Waals surface area contributed by atoms with Gasteiger partial charge in [-0.3, -0.25) is 4.79 Å². The fourth-order valence-corrected chi connectivity index (χ4v) is 3.95. The zero-order valence-corrected chi connectivity index (χ0v) is 20.8. The quantitative estimate of drug-likeness (QED) is 0.233. The van der Waals surface area contributed by atoms with Gasteiger partial charge in [0.05, 0.1) is 34.9 Å². The smallest absolute Gasteiger partial charge is 0.343 e. The van der Waals surface area contributed by atoms with E-state index >= 15 is 0 Å². The van der Waals surface area contributed by atoms with Gasteiger partial charge in [0.2, 0.25) is 0 Å². The lowest BCUT2D eigenvalue weighted by Crippen LogP contribution is -2.22. The van der Waals surface area contributed by atoms with Crippen LogP contribution >= 0.6 is 38.5 Å². The van der Waals surface area contributed by atoms with Gasteiger partial charge in [-0.05, 0) is 58.5 Å². The molecule has 1 heterocycles. The number of carbonyl (C=O) groups excluding carboxylic acids is 1. The molecule has 0 saturated heterocycles. The molecule has 0 spiro atoms. The molecule has 0 fully saturated rings. The fourth-order valence-electron chi connectivity index (χ4n) is 2.81. The normalized spacial score (nSPS) is 11.1. The lowest BCUT2D eigenvalue weighted by atomic mass is 10.2. The maximum absolute atomic E-state index is 13.0. The van der Waals surface area contributed by atoms with Gasteiger partial charge in [-0.2, -0.15) is 9.78 Å². The maximum atomic E-state index is 13.0. The minimum atomic E-state index is -0.495. The summed E-state index contributed by atoms with van der Waals surface area (Å²) in [5.41, 5.74) is 1.06. The zero-order valence-electron chi connectivity index (χ0n) is 17.0. The van der Waals surface area contributed by atoms with E-state index in [1.54, 1.807) is 30.5 Å². The first-order chi connectivity index (χ1) is 14.9. The summed E-state index contributed by atoms with van der Waals surface area (Å²) in [6.45, 7) is 1.68. The number of halogens is 2. The van der Waals surface area contributed by atoms with Crippen LogP contribution in [0, 0.1) is 3.57 Å². The summed E-state index contributed by atoms with van der Waals surface area (Å²) in [4.78, 5) is 28.9. The number of fused-ring (bicyclic) bond motifs is 1. The number of nitrogens with zero attached hydrogens (tertiary/aromatic N) is 3. The van der Waals surface area contributed by atoms with Gasteiger partial charge in [-0.1, -0.05) is 22.9 Å². The first-order valence-corrected chi connectivity index (χ1v) is 11.1. The van der Waals surface area contributed by atoms with E-state index < -0.39 is 5.97 Å². The average Bonchev–Trinajstić information content (AvgIpc) is 2.77. The molecule has 0 aliphatic rings. The third kappa shape index (κ3) is 5.24. The molecule has 31 heavy (non-hydrogen) atoms. The molecule has 162 valence electrons. The number of aromatic nitrogens is 2. The van der Waals surface area contributed by atoms with Crippen molar-refractivity contribution in [2.75, 3.05) is 20.8 Å². The van der Waals surface area contributed by atoms with Crippen molar-refractivity contribution in [2.24, 2.45) is 5.10 Å². The van der Waals surface area contributed by atoms with E-state index in [1.165, 1.54) is 18.9 Å². The number of hydrogen-bond acceptors (Lipinski definition) is 7. The summed E-state index contributed by atoms with van der Waals surface area (Å²) >= 11 is 5.47. The first-order valence-electron chi connectivity index (χ1n) is 9.20. The summed E-state index contributed by atoms with van der Waals surface area (Å²) in [5, 5.41) is 4.86. The number of carbonyl (C=O) groups is 1. The van der Waals surface area contributed by atoms with E-state index in [-0.39, 0.29) is 12.2 Å². The van der Waals surface area contributed by atoms with Gasteiger partial charge in [0.1, 0.15) is 5.82 Å². The number of ether oxygens (including phenoxy) is 3. The van der Waals surface area contributed by atoms with Crippen LogP contribution in [0.5, 0.6) is 11.5 Å². The molecule has 2 aromatic carbocycles. The van der Waals surface area contributed by atoms with Crippen LogP contribution in [0.3, 0.4) is 0 Å². The molecule has 0 aliphatic heterocycles. The van der Waals surface area contributed by atoms with E-state index in [4.69, 9.17) is 9.47 Å². The van der Waals surface area contributed by atoms with Crippen molar-refractivity contribution in [1.29, 1.82) is 0 Å². The van der Waals surface area contributed by atoms with Gasteiger partial charge >= 0.3 is 5.97 Å². The van der Waals surface area contributed by atoms with Gasteiger partial charge < -0.3 is 14.2 Å². The Kier molecular flexibility index (Phi) is 7.65. The highest BCUT2D eigenvalue weighted by Crippen LogP contribution is 2.33. The van der Waals surface area contributed by atoms with Crippen LogP contribution in [0.15, 0.2) is 44.7 Å². The number of hydrogen-bond donors (Lipinski definition) is 0. The highest BCUT2D eigenvalue weighted by molar-refractivity contribution is 14.1. The topological polar surface area (TPSA) is 92.0 Å². The van der Waals surface area contributed by atoms with E-state index in [9.17, 15) is 9.59 Å². The lowest BCUT2D eigenvalue weighted by Gasteiger charge is -2.13. The standard InChI is InChI=1S/C21H19BrIN3O5/c1-4-18-25-16-6-5-13(22)9-14(16)21(28)26(18)24-10-12-7-15(23)20(17(8-12)29-2)31-11-19(27)30-3/h5-10H,4,11H2,1-3H3. The molecule has 1 aromatic heterocycles. The van der Waals surface area contributed by atoms with Crippen LogP contribution in [0.25, 0.3) is 10.9 Å². The minimum absolute atomic E-state index is 0.232. The Balaban J connectivity index is 2.00. The average molecular weight is 600 g/mol. The summed E-state index contributed by atoms with van der Waals surface area (Å²) in [7, 11) is 2.79. The highest BCUT2D eigenvalue weighted by atomic mass is 127. The summed E-state index contributed by atoms with van der Waals surface area (Å²) in [6.07, 6.45) is 2.10. The second kappa shape index (κ2) is 10.2. The Morgan fingerprint density at radius 3 is 2.74 bits per heavy atom.